The summed E-state index contributed by atoms with van der Waals surface area (Å²) in [5, 5.41) is 0. The molecule has 1 aliphatic rings. The molecule has 15 heavy (non-hydrogen) atoms. The van der Waals surface area contributed by atoms with Crippen LogP contribution in [0.2, 0.25) is 0 Å². The Morgan fingerprint density at radius 1 is 1.47 bits per heavy atom. The Morgan fingerprint density at radius 2 is 2.13 bits per heavy atom. The minimum absolute atomic E-state index is 0.256. The SMILES string of the molecule is CCOC(=O)C1(C)CCCC1OC(C)=O. The minimum Gasteiger partial charge on any atom is -0.465 e. The van der Waals surface area contributed by atoms with Gasteiger partial charge in [-0.05, 0) is 33.1 Å². The summed E-state index contributed by atoms with van der Waals surface area (Å²) in [7, 11) is 0. The van der Waals surface area contributed by atoms with Crippen molar-refractivity contribution in [3.05, 3.63) is 0 Å². The van der Waals surface area contributed by atoms with Gasteiger partial charge in [-0.3, -0.25) is 9.59 Å². The lowest BCUT2D eigenvalue weighted by Crippen LogP contribution is -2.39. The normalized spacial score (nSPS) is 29.9. The summed E-state index contributed by atoms with van der Waals surface area (Å²) in [5.41, 5.74) is -0.651. The number of hydrogen-bond donors (Lipinski definition) is 0. The Hall–Kier alpha value is -1.06. The molecule has 1 aliphatic carbocycles. The standard InChI is InChI=1S/C11H18O4/c1-4-14-10(13)11(3)7-5-6-9(11)15-8(2)12/h9H,4-7H2,1-3H3. The fraction of sp³-hybridized carbons (Fsp3) is 0.818. The van der Waals surface area contributed by atoms with Gasteiger partial charge in [-0.1, -0.05) is 0 Å². The van der Waals surface area contributed by atoms with Gasteiger partial charge in [0.2, 0.25) is 0 Å². The molecule has 0 radical (unpaired) electrons. The monoisotopic (exact) mass is 214 g/mol. The second-order valence-corrected chi connectivity index (χ2v) is 4.13. The number of rotatable bonds is 3. The number of ether oxygens (including phenoxy) is 2. The summed E-state index contributed by atoms with van der Waals surface area (Å²) in [6.45, 7) is 5.31. The third-order valence-corrected chi connectivity index (χ3v) is 2.92. The topological polar surface area (TPSA) is 52.6 Å². The zero-order valence-corrected chi connectivity index (χ0v) is 9.54. The second-order valence-electron chi connectivity index (χ2n) is 4.13. The lowest BCUT2D eigenvalue weighted by molar-refractivity contribution is -0.167. The first-order valence-electron chi connectivity index (χ1n) is 5.35. The number of esters is 2. The van der Waals surface area contributed by atoms with E-state index in [1.165, 1.54) is 6.92 Å². The highest BCUT2D eigenvalue weighted by molar-refractivity contribution is 5.78. The number of carbonyl (C=O) groups excluding carboxylic acids is 2. The maximum atomic E-state index is 11.7. The fourth-order valence-electron chi connectivity index (χ4n) is 2.05. The van der Waals surface area contributed by atoms with Gasteiger partial charge in [0.15, 0.2) is 0 Å². The Bertz CT molecular complexity index is 261. The largest absolute Gasteiger partial charge is 0.465 e. The first kappa shape index (κ1) is 12.0. The van der Waals surface area contributed by atoms with Crippen LogP contribution in [-0.2, 0) is 19.1 Å². The molecule has 2 atom stereocenters. The van der Waals surface area contributed by atoms with Crippen molar-refractivity contribution in [1.29, 1.82) is 0 Å². The van der Waals surface area contributed by atoms with E-state index in [0.717, 1.165) is 19.3 Å². The van der Waals surface area contributed by atoms with Gasteiger partial charge >= 0.3 is 11.9 Å². The van der Waals surface area contributed by atoms with Gasteiger partial charge in [0.05, 0.1) is 6.61 Å². The van der Waals surface area contributed by atoms with Crippen molar-refractivity contribution in [1.82, 2.24) is 0 Å². The Balaban J connectivity index is 2.71. The maximum absolute atomic E-state index is 11.7. The van der Waals surface area contributed by atoms with Crippen LogP contribution in [0.3, 0.4) is 0 Å². The summed E-state index contributed by atoms with van der Waals surface area (Å²) < 4.78 is 10.2. The summed E-state index contributed by atoms with van der Waals surface area (Å²) in [6.07, 6.45) is 2.04. The van der Waals surface area contributed by atoms with Crippen molar-refractivity contribution < 1.29 is 19.1 Å². The summed E-state index contributed by atoms with van der Waals surface area (Å²) in [5.74, 6) is -0.592. The van der Waals surface area contributed by atoms with Gasteiger partial charge in [0, 0.05) is 6.92 Å². The van der Waals surface area contributed by atoms with E-state index in [4.69, 9.17) is 9.47 Å². The Labute approximate surface area is 89.9 Å². The maximum Gasteiger partial charge on any atom is 0.315 e. The number of hydrogen-bond acceptors (Lipinski definition) is 4. The molecule has 86 valence electrons. The lowest BCUT2D eigenvalue weighted by atomic mass is 9.86. The quantitative estimate of drug-likeness (QED) is 0.670. The first-order chi connectivity index (χ1) is 7.00. The molecule has 1 rings (SSSR count). The first-order valence-corrected chi connectivity index (χ1v) is 5.35. The molecule has 0 heterocycles. The zero-order valence-electron chi connectivity index (χ0n) is 9.54. The third-order valence-electron chi connectivity index (χ3n) is 2.92. The molecular formula is C11H18O4. The second kappa shape index (κ2) is 4.64. The van der Waals surface area contributed by atoms with E-state index in [1.54, 1.807) is 6.92 Å². The van der Waals surface area contributed by atoms with Gasteiger partial charge in [0.25, 0.3) is 0 Å². The van der Waals surface area contributed by atoms with Crippen LogP contribution in [0.4, 0.5) is 0 Å². The van der Waals surface area contributed by atoms with Crippen LogP contribution in [0.25, 0.3) is 0 Å². The molecule has 0 aliphatic heterocycles. The predicted molar refractivity (Wildman–Crippen MR) is 54.1 cm³/mol. The Kier molecular flexibility index (Phi) is 3.72. The predicted octanol–water partition coefficient (Wildman–Crippen LogP) is 1.67. The van der Waals surface area contributed by atoms with Crippen molar-refractivity contribution in [3.8, 4) is 0 Å². The van der Waals surface area contributed by atoms with Crippen LogP contribution in [0.1, 0.15) is 40.0 Å². The van der Waals surface area contributed by atoms with E-state index < -0.39 is 5.41 Å². The molecule has 0 N–H and O–H groups in total. The van der Waals surface area contributed by atoms with E-state index in [0.29, 0.717) is 6.61 Å². The highest BCUT2D eigenvalue weighted by Crippen LogP contribution is 2.41. The Morgan fingerprint density at radius 3 is 2.67 bits per heavy atom. The van der Waals surface area contributed by atoms with Crippen LogP contribution in [-0.4, -0.2) is 24.6 Å². The molecule has 0 saturated heterocycles. The van der Waals surface area contributed by atoms with Crippen LogP contribution in [0, 0.1) is 5.41 Å². The highest BCUT2D eigenvalue weighted by atomic mass is 16.6. The van der Waals surface area contributed by atoms with Crippen molar-refractivity contribution in [2.24, 2.45) is 5.41 Å². The molecule has 0 bridgehead atoms. The van der Waals surface area contributed by atoms with Crippen LogP contribution in [0.5, 0.6) is 0 Å². The van der Waals surface area contributed by atoms with Gasteiger partial charge in [-0.15, -0.1) is 0 Å². The van der Waals surface area contributed by atoms with Crippen LogP contribution in [0.15, 0.2) is 0 Å². The van der Waals surface area contributed by atoms with Gasteiger partial charge in [-0.25, -0.2) is 0 Å². The van der Waals surface area contributed by atoms with E-state index in [9.17, 15) is 9.59 Å². The zero-order chi connectivity index (χ0) is 11.5. The van der Waals surface area contributed by atoms with Crippen molar-refractivity contribution in [2.45, 2.75) is 46.1 Å². The summed E-state index contributed by atoms with van der Waals surface area (Å²) in [4.78, 5) is 22.6. The van der Waals surface area contributed by atoms with Crippen LogP contribution >= 0.6 is 0 Å². The highest BCUT2D eigenvalue weighted by Gasteiger charge is 2.48. The average Bonchev–Trinajstić information content (AvgIpc) is 2.49. The fourth-order valence-corrected chi connectivity index (χ4v) is 2.05. The van der Waals surface area contributed by atoms with E-state index >= 15 is 0 Å². The molecule has 0 aromatic heterocycles. The molecule has 0 spiro atoms. The molecule has 4 heteroatoms. The molecule has 0 amide bonds. The molecular weight excluding hydrogens is 196 g/mol. The molecule has 4 nitrogen and oxygen atoms in total. The van der Waals surface area contributed by atoms with Gasteiger partial charge < -0.3 is 9.47 Å². The van der Waals surface area contributed by atoms with Gasteiger partial charge in [0.1, 0.15) is 11.5 Å². The lowest BCUT2D eigenvalue weighted by Gasteiger charge is -2.28. The number of carbonyl (C=O) groups is 2. The van der Waals surface area contributed by atoms with E-state index in [1.807, 2.05) is 6.92 Å². The molecule has 1 fully saturated rings. The molecule has 2 unspecified atom stereocenters. The molecule has 0 aromatic rings. The minimum atomic E-state index is -0.651. The summed E-state index contributed by atoms with van der Waals surface area (Å²) in [6, 6.07) is 0. The average molecular weight is 214 g/mol. The van der Waals surface area contributed by atoms with E-state index in [-0.39, 0.29) is 18.0 Å². The van der Waals surface area contributed by atoms with E-state index in [2.05, 4.69) is 0 Å². The molecule has 1 saturated carbocycles. The third kappa shape index (κ3) is 2.49. The summed E-state index contributed by atoms with van der Waals surface area (Å²) >= 11 is 0. The van der Waals surface area contributed by atoms with Crippen molar-refractivity contribution in [2.75, 3.05) is 6.61 Å². The smallest absolute Gasteiger partial charge is 0.315 e. The van der Waals surface area contributed by atoms with Crippen LogP contribution < -0.4 is 0 Å². The molecule has 0 aromatic carbocycles. The van der Waals surface area contributed by atoms with Crippen molar-refractivity contribution in [3.63, 3.8) is 0 Å². The van der Waals surface area contributed by atoms with Gasteiger partial charge in [-0.2, -0.15) is 0 Å². The van der Waals surface area contributed by atoms with Crippen molar-refractivity contribution >= 4 is 11.9 Å².